The largest absolute Gasteiger partial charge is 0.354 e. The van der Waals surface area contributed by atoms with Crippen molar-refractivity contribution in [1.29, 1.82) is 0 Å². The molecule has 32 heavy (non-hydrogen) atoms. The van der Waals surface area contributed by atoms with Crippen LogP contribution in [0.4, 0.5) is 11.5 Å². The van der Waals surface area contributed by atoms with Crippen LogP contribution >= 0.6 is 0 Å². The van der Waals surface area contributed by atoms with Crippen LogP contribution in [-0.2, 0) is 4.79 Å². The summed E-state index contributed by atoms with van der Waals surface area (Å²) in [5, 5.41) is 3.07. The van der Waals surface area contributed by atoms with Crippen LogP contribution in [0.5, 0.6) is 0 Å². The lowest BCUT2D eigenvalue weighted by atomic mass is 9.97. The van der Waals surface area contributed by atoms with Gasteiger partial charge in [0.25, 0.3) is 0 Å². The van der Waals surface area contributed by atoms with Crippen molar-refractivity contribution in [1.82, 2.24) is 14.8 Å². The Morgan fingerprint density at radius 3 is 2.50 bits per heavy atom. The molecule has 0 saturated carbocycles. The number of amides is 1. The van der Waals surface area contributed by atoms with Gasteiger partial charge in [-0.2, -0.15) is 0 Å². The third-order valence-electron chi connectivity index (χ3n) is 6.69. The second-order valence-corrected chi connectivity index (χ2v) is 9.54. The predicted molar refractivity (Wildman–Crippen MR) is 131 cm³/mol. The lowest BCUT2D eigenvalue weighted by Gasteiger charge is -2.39. The SMILES string of the molecule is CC(C)c1ccc(NC(=O)CN2CCCC(CN3CCN(c4ccccn4)CC3)C2)cc1. The molecule has 0 aliphatic carbocycles. The zero-order valence-electron chi connectivity index (χ0n) is 19.5. The first-order valence-electron chi connectivity index (χ1n) is 12.1. The second kappa shape index (κ2) is 10.9. The normalized spacial score (nSPS) is 20.5. The van der Waals surface area contributed by atoms with E-state index < -0.39 is 0 Å². The minimum absolute atomic E-state index is 0.0897. The first-order valence-corrected chi connectivity index (χ1v) is 12.1. The Hall–Kier alpha value is -2.44. The van der Waals surface area contributed by atoms with Crippen molar-refractivity contribution in [3.05, 3.63) is 54.2 Å². The Labute approximate surface area is 192 Å². The maximum Gasteiger partial charge on any atom is 0.238 e. The number of nitrogens with one attached hydrogen (secondary N) is 1. The second-order valence-electron chi connectivity index (χ2n) is 9.54. The number of aromatic nitrogens is 1. The number of rotatable bonds is 7. The van der Waals surface area contributed by atoms with Crippen molar-refractivity contribution in [2.45, 2.75) is 32.6 Å². The molecule has 1 unspecified atom stereocenters. The van der Waals surface area contributed by atoms with Crippen LogP contribution in [0.1, 0.15) is 38.2 Å². The molecule has 1 aromatic heterocycles. The standard InChI is InChI=1S/C26H37N5O/c1-21(2)23-8-10-24(11-9-23)28-26(32)20-30-13-5-6-22(19-30)18-29-14-16-31(17-15-29)25-7-3-4-12-27-25/h3-4,7-12,21-22H,5-6,13-20H2,1-2H3,(H,28,32). The van der Waals surface area contributed by atoms with Gasteiger partial charge in [-0.15, -0.1) is 0 Å². The quantitative estimate of drug-likeness (QED) is 0.719. The van der Waals surface area contributed by atoms with Gasteiger partial charge in [0.05, 0.1) is 6.54 Å². The molecule has 2 fully saturated rings. The zero-order valence-corrected chi connectivity index (χ0v) is 19.5. The highest BCUT2D eigenvalue weighted by atomic mass is 16.2. The molecule has 1 atom stereocenters. The number of benzene rings is 1. The molecule has 2 aliphatic heterocycles. The van der Waals surface area contributed by atoms with E-state index in [1.165, 1.54) is 18.4 Å². The molecule has 2 aromatic rings. The molecule has 6 nitrogen and oxygen atoms in total. The summed E-state index contributed by atoms with van der Waals surface area (Å²) in [4.78, 5) is 24.4. The van der Waals surface area contributed by atoms with E-state index in [9.17, 15) is 4.79 Å². The first-order chi connectivity index (χ1) is 15.6. The average Bonchev–Trinajstić information content (AvgIpc) is 2.81. The van der Waals surface area contributed by atoms with Crippen LogP contribution in [0.2, 0.25) is 0 Å². The molecular weight excluding hydrogens is 398 g/mol. The minimum atomic E-state index is 0.0897. The van der Waals surface area contributed by atoms with Gasteiger partial charge in [-0.3, -0.25) is 14.6 Å². The molecule has 0 bridgehead atoms. The lowest BCUT2D eigenvalue weighted by Crippen LogP contribution is -2.50. The van der Waals surface area contributed by atoms with E-state index in [0.717, 1.165) is 57.3 Å². The van der Waals surface area contributed by atoms with Gasteiger partial charge in [0.15, 0.2) is 0 Å². The van der Waals surface area contributed by atoms with Crippen LogP contribution in [0.15, 0.2) is 48.7 Å². The highest BCUT2D eigenvalue weighted by Crippen LogP contribution is 2.20. The topological polar surface area (TPSA) is 51.7 Å². The summed E-state index contributed by atoms with van der Waals surface area (Å²) in [5.41, 5.74) is 2.18. The van der Waals surface area contributed by atoms with E-state index in [4.69, 9.17) is 0 Å². The van der Waals surface area contributed by atoms with Crippen LogP contribution in [0.25, 0.3) is 0 Å². The lowest BCUT2D eigenvalue weighted by molar-refractivity contribution is -0.117. The van der Waals surface area contributed by atoms with Crippen molar-refractivity contribution in [2.24, 2.45) is 5.92 Å². The molecule has 1 N–H and O–H groups in total. The number of likely N-dealkylation sites (tertiary alicyclic amines) is 1. The van der Waals surface area contributed by atoms with E-state index in [0.29, 0.717) is 18.4 Å². The molecule has 1 aromatic carbocycles. The highest BCUT2D eigenvalue weighted by Gasteiger charge is 2.25. The van der Waals surface area contributed by atoms with Crippen molar-refractivity contribution < 1.29 is 4.79 Å². The molecule has 0 spiro atoms. The maximum absolute atomic E-state index is 12.6. The third-order valence-corrected chi connectivity index (χ3v) is 6.69. The summed E-state index contributed by atoms with van der Waals surface area (Å²) in [7, 11) is 0. The van der Waals surface area contributed by atoms with E-state index in [2.05, 4.69) is 63.1 Å². The average molecular weight is 436 g/mol. The Morgan fingerprint density at radius 2 is 1.81 bits per heavy atom. The fourth-order valence-corrected chi connectivity index (χ4v) is 4.86. The van der Waals surface area contributed by atoms with Gasteiger partial charge >= 0.3 is 0 Å². The monoisotopic (exact) mass is 435 g/mol. The molecular formula is C26H37N5O. The number of carbonyl (C=O) groups excluding carboxylic acids is 1. The molecule has 2 aliphatic rings. The third kappa shape index (κ3) is 6.30. The molecule has 6 heteroatoms. The summed E-state index contributed by atoms with van der Waals surface area (Å²) < 4.78 is 0. The molecule has 1 amide bonds. The first kappa shape index (κ1) is 22.7. The summed E-state index contributed by atoms with van der Waals surface area (Å²) in [6, 6.07) is 14.3. The Kier molecular flexibility index (Phi) is 7.76. The van der Waals surface area contributed by atoms with Gasteiger partial charge in [0.2, 0.25) is 5.91 Å². The number of carbonyl (C=O) groups is 1. The number of anilines is 2. The van der Waals surface area contributed by atoms with E-state index in [1.807, 2.05) is 24.4 Å². The minimum Gasteiger partial charge on any atom is -0.354 e. The molecule has 2 saturated heterocycles. The van der Waals surface area contributed by atoms with E-state index in [1.54, 1.807) is 0 Å². The van der Waals surface area contributed by atoms with Crippen molar-refractivity contribution in [3.8, 4) is 0 Å². The van der Waals surface area contributed by atoms with Crippen LogP contribution in [-0.4, -0.2) is 73.0 Å². The molecule has 172 valence electrons. The van der Waals surface area contributed by atoms with Gasteiger partial charge in [-0.1, -0.05) is 32.0 Å². The number of hydrogen-bond donors (Lipinski definition) is 1. The summed E-state index contributed by atoms with van der Waals surface area (Å²) in [6.45, 7) is 12.2. The summed E-state index contributed by atoms with van der Waals surface area (Å²) in [6.07, 6.45) is 4.30. The highest BCUT2D eigenvalue weighted by molar-refractivity contribution is 5.92. The van der Waals surface area contributed by atoms with Gasteiger partial charge in [0, 0.05) is 51.2 Å². The van der Waals surface area contributed by atoms with Crippen LogP contribution in [0, 0.1) is 5.92 Å². The molecule has 4 rings (SSSR count). The smallest absolute Gasteiger partial charge is 0.238 e. The van der Waals surface area contributed by atoms with Crippen molar-refractivity contribution in [3.63, 3.8) is 0 Å². The van der Waals surface area contributed by atoms with Gasteiger partial charge in [-0.05, 0) is 61.1 Å². The molecule has 3 heterocycles. The van der Waals surface area contributed by atoms with Gasteiger partial charge in [-0.25, -0.2) is 4.98 Å². The number of piperidine rings is 1. The predicted octanol–water partition coefficient (Wildman–Crippen LogP) is 3.68. The van der Waals surface area contributed by atoms with E-state index in [-0.39, 0.29) is 5.91 Å². The Morgan fingerprint density at radius 1 is 1.03 bits per heavy atom. The van der Waals surface area contributed by atoms with Gasteiger partial charge < -0.3 is 10.2 Å². The number of hydrogen-bond acceptors (Lipinski definition) is 5. The fourth-order valence-electron chi connectivity index (χ4n) is 4.86. The number of nitrogens with zero attached hydrogens (tertiary/aromatic N) is 4. The van der Waals surface area contributed by atoms with Crippen molar-refractivity contribution in [2.75, 3.05) is 62.6 Å². The van der Waals surface area contributed by atoms with Crippen LogP contribution in [0.3, 0.4) is 0 Å². The van der Waals surface area contributed by atoms with Crippen LogP contribution < -0.4 is 10.2 Å². The van der Waals surface area contributed by atoms with E-state index >= 15 is 0 Å². The van der Waals surface area contributed by atoms with Gasteiger partial charge in [0.1, 0.15) is 5.82 Å². The maximum atomic E-state index is 12.6. The number of pyridine rings is 1. The molecule has 0 radical (unpaired) electrons. The summed E-state index contributed by atoms with van der Waals surface area (Å²) in [5.74, 6) is 2.32. The Balaban J connectivity index is 1.20. The number of piperazine rings is 1. The Bertz CT molecular complexity index is 846. The van der Waals surface area contributed by atoms with Crippen molar-refractivity contribution >= 4 is 17.4 Å². The zero-order chi connectivity index (χ0) is 22.3. The summed E-state index contributed by atoms with van der Waals surface area (Å²) >= 11 is 0. The fraction of sp³-hybridized carbons (Fsp3) is 0.538.